The van der Waals surface area contributed by atoms with E-state index in [1.165, 1.54) is 10.7 Å². The minimum absolute atomic E-state index is 0.213. The molecule has 2 unspecified atom stereocenters. The summed E-state index contributed by atoms with van der Waals surface area (Å²) in [5, 5.41) is 6.94. The van der Waals surface area contributed by atoms with Gasteiger partial charge >= 0.3 is 0 Å². The first-order valence-electron chi connectivity index (χ1n) is 6.44. The molecule has 0 aliphatic carbocycles. The lowest BCUT2D eigenvalue weighted by Crippen LogP contribution is -2.40. The van der Waals surface area contributed by atoms with Gasteiger partial charge in [-0.2, -0.15) is 0 Å². The first-order chi connectivity index (χ1) is 7.78. The van der Waals surface area contributed by atoms with E-state index in [1.807, 2.05) is 0 Å². The van der Waals surface area contributed by atoms with Gasteiger partial charge in [-0.1, -0.05) is 13.8 Å². The van der Waals surface area contributed by atoms with Crippen molar-refractivity contribution in [1.82, 2.24) is 10.3 Å². The number of nitrogens with zero attached hydrogens (tertiary/aromatic N) is 1. The van der Waals surface area contributed by atoms with E-state index in [2.05, 4.69) is 57.2 Å². The van der Waals surface area contributed by atoms with Crippen LogP contribution in [0.4, 0.5) is 0 Å². The average molecular weight is 254 g/mol. The highest BCUT2D eigenvalue weighted by Crippen LogP contribution is 2.18. The molecule has 1 aromatic rings. The van der Waals surface area contributed by atoms with Gasteiger partial charge in [0.15, 0.2) is 0 Å². The molecule has 1 rings (SSSR count). The summed E-state index contributed by atoms with van der Waals surface area (Å²) >= 11 is 1.75. The fraction of sp³-hybridized carbons (Fsp3) is 0.786. The Hall–Kier alpha value is -0.410. The molecule has 0 aliphatic rings. The van der Waals surface area contributed by atoms with Crippen molar-refractivity contribution in [3.63, 3.8) is 0 Å². The topological polar surface area (TPSA) is 24.9 Å². The third-order valence-corrected chi connectivity index (χ3v) is 3.95. The van der Waals surface area contributed by atoms with Crippen LogP contribution < -0.4 is 5.32 Å². The summed E-state index contributed by atoms with van der Waals surface area (Å²) in [5.74, 6) is 1.35. The van der Waals surface area contributed by atoms with Crippen LogP contribution in [-0.4, -0.2) is 17.1 Å². The van der Waals surface area contributed by atoms with Crippen LogP contribution in [0.15, 0.2) is 5.38 Å². The van der Waals surface area contributed by atoms with Gasteiger partial charge in [0.25, 0.3) is 0 Å². The number of nitrogens with one attached hydrogen (secondary N) is 1. The molecular formula is C14H26N2S. The van der Waals surface area contributed by atoms with Crippen LogP contribution in [0.1, 0.15) is 45.3 Å². The molecule has 0 radical (unpaired) electrons. The van der Waals surface area contributed by atoms with E-state index < -0.39 is 0 Å². The molecule has 1 N–H and O–H groups in total. The van der Waals surface area contributed by atoms with Crippen molar-refractivity contribution >= 4 is 11.3 Å². The molecule has 0 fully saturated rings. The van der Waals surface area contributed by atoms with Gasteiger partial charge in [-0.3, -0.25) is 0 Å². The van der Waals surface area contributed by atoms with E-state index >= 15 is 0 Å². The fourth-order valence-corrected chi connectivity index (χ4v) is 2.33. The number of aromatic nitrogens is 1. The quantitative estimate of drug-likeness (QED) is 0.867. The Labute approximate surface area is 110 Å². The molecule has 2 nitrogen and oxygen atoms in total. The van der Waals surface area contributed by atoms with Gasteiger partial charge in [-0.05, 0) is 52.5 Å². The van der Waals surface area contributed by atoms with Crippen molar-refractivity contribution in [2.75, 3.05) is 6.54 Å². The maximum absolute atomic E-state index is 4.54. The van der Waals surface area contributed by atoms with Crippen molar-refractivity contribution in [2.45, 2.75) is 53.5 Å². The Morgan fingerprint density at radius 3 is 2.41 bits per heavy atom. The molecule has 0 amide bonds. The van der Waals surface area contributed by atoms with E-state index in [4.69, 9.17) is 0 Å². The number of aryl methyl sites for hydroxylation is 1. The van der Waals surface area contributed by atoms with Gasteiger partial charge in [0.05, 0.1) is 10.7 Å². The third-order valence-electron chi connectivity index (χ3n) is 3.12. The van der Waals surface area contributed by atoms with E-state index in [0.29, 0.717) is 11.8 Å². The zero-order valence-electron chi connectivity index (χ0n) is 12.0. The number of thiazole rings is 1. The highest BCUT2D eigenvalue weighted by molar-refractivity contribution is 7.09. The van der Waals surface area contributed by atoms with Gasteiger partial charge in [0, 0.05) is 10.9 Å². The summed E-state index contributed by atoms with van der Waals surface area (Å²) in [5.41, 5.74) is 1.47. The molecular weight excluding hydrogens is 228 g/mol. The molecule has 0 saturated heterocycles. The number of hydrogen-bond donors (Lipinski definition) is 1. The Kier molecular flexibility index (Phi) is 5.14. The molecule has 3 heteroatoms. The zero-order chi connectivity index (χ0) is 13.1. The molecule has 0 saturated carbocycles. The number of hydrogen-bond acceptors (Lipinski definition) is 3. The van der Waals surface area contributed by atoms with Crippen molar-refractivity contribution in [3.8, 4) is 0 Å². The molecule has 1 aromatic heterocycles. The Morgan fingerprint density at radius 2 is 1.94 bits per heavy atom. The Morgan fingerprint density at radius 1 is 1.29 bits per heavy atom. The molecule has 1 heterocycles. The smallest absolute Gasteiger partial charge is 0.0897 e. The Balaban J connectivity index is 2.39. The summed E-state index contributed by atoms with van der Waals surface area (Å²) in [7, 11) is 0. The summed E-state index contributed by atoms with van der Waals surface area (Å²) in [6, 6.07) is 0. The lowest BCUT2D eigenvalue weighted by molar-refractivity contribution is 0.316. The van der Waals surface area contributed by atoms with Gasteiger partial charge in [0.2, 0.25) is 0 Å². The van der Waals surface area contributed by atoms with Crippen LogP contribution in [0.3, 0.4) is 0 Å². The second-order valence-corrected chi connectivity index (χ2v) is 7.21. The van der Waals surface area contributed by atoms with Crippen LogP contribution in [0, 0.1) is 18.8 Å². The second-order valence-electron chi connectivity index (χ2n) is 6.15. The van der Waals surface area contributed by atoms with Gasteiger partial charge < -0.3 is 5.32 Å². The monoisotopic (exact) mass is 254 g/mol. The molecule has 98 valence electrons. The van der Waals surface area contributed by atoms with Crippen molar-refractivity contribution in [1.29, 1.82) is 0 Å². The standard InChI is InChI=1S/C14H26N2S/c1-10(7-13-9-17-12(3)16-13)11(2)8-15-14(4,5)6/h9-11,15H,7-8H2,1-6H3. The first kappa shape index (κ1) is 14.7. The van der Waals surface area contributed by atoms with E-state index in [9.17, 15) is 0 Å². The zero-order valence-corrected chi connectivity index (χ0v) is 12.8. The third kappa shape index (κ3) is 5.64. The van der Waals surface area contributed by atoms with Gasteiger partial charge in [0.1, 0.15) is 0 Å². The van der Waals surface area contributed by atoms with E-state index in [0.717, 1.165) is 13.0 Å². The molecule has 2 atom stereocenters. The SMILES string of the molecule is Cc1nc(CC(C)C(C)CNC(C)(C)C)cs1. The van der Waals surface area contributed by atoms with Crippen molar-refractivity contribution in [2.24, 2.45) is 11.8 Å². The number of rotatable bonds is 5. The highest BCUT2D eigenvalue weighted by atomic mass is 32.1. The lowest BCUT2D eigenvalue weighted by atomic mass is 9.91. The van der Waals surface area contributed by atoms with E-state index in [-0.39, 0.29) is 5.54 Å². The Bertz CT molecular complexity index is 338. The van der Waals surface area contributed by atoms with Crippen LogP contribution in [0.5, 0.6) is 0 Å². The minimum atomic E-state index is 0.213. The van der Waals surface area contributed by atoms with Crippen molar-refractivity contribution in [3.05, 3.63) is 16.1 Å². The molecule has 0 spiro atoms. The molecule has 0 aliphatic heterocycles. The maximum Gasteiger partial charge on any atom is 0.0897 e. The minimum Gasteiger partial charge on any atom is -0.312 e. The van der Waals surface area contributed by atoms with Crippen LogP contribution in [0.25, 0.3) is 0 Å². The summed E-state index contributed by atoms with van der Waals surface area (Å²) in [6.45, 7) is 14.4. The molecule has 17 heavy (non-hydrogen) atoms. The van der Waals surface area contributed by atoms with Crippen LogP contribution in [-0.2, 0) is 6.42 Å². The van der Waals surface area contributed by atoms with Crippen LogP contribution >= 0.6 is 11.3 Å². The summed E-state index contributed by atoms with van der Waals surface area (Å²) in [4.78, 5) is 4.54. The van der Waals surface area contributed by atoms with Crippen molar-refractivity contribution < 1.29 is 0 Å². The molecule has 0 aromatic carbocycles. The highest BCUT2D eigenvalue weighted by Gasteiger charge is 2.17. The largest absolute Gasteiger partial charge is 0.312 e. The fourth-order valence-electron chi connectivity index (χ4n) is 1.70. The first-order valence-corrected chi connectivity index (χ1v) is 7.32. The predicted molar refractivity (Wildman–Crippen MR) is 76.6 cm³/mol. The normalized spacial score (nSPS) is 15.9. The molecule has 0 bridgehead atoms. The summed E-state index contributed by atoms with van der Waals surface area (Å²) < 4.78 is 0. The van der Waals surface area contributed by atoms with E-state index in [1.54, 1.807) is 11.3 Å². The summed E-state index contributed by atoms with van der Waals surface area (Å²) in [6.07, 6.45) is 1.09. The second kappa shape index (κ2) is 5.96. The predicted octanol–water partition coefficient (Wildman–Crippen LogP) is 3.65. The van der Waals surface area contributed by atoms with Gasteiger partial charge in [-0.15, -0.1) is 11.3 Å². The van der Waals surface area contributed by atoms with Crippen LogP contribution in [0.2, 0.25) is 0 Å². The maximum atomic E-state index is 4.54. The lowest BCUT2D eigenvalue weighted by Gasteiger charge is -2.26. The average Bonchev–Trinajstić information content (AvgIpc) is 2.59. The van der Waals surface area contributed by atoms with Gasteiger partial charge in [-0.25, -0.2) is 4.98 Å².